The van der Waals surface area contributed by atoms with Gasteiger partial charge in [-0.15, -0.1) is 0 Å². The van der Waals surface area contributed by atoms with E-state index in [-0.39, 0.29) is 24.7 Å². The number of hydrogen-bond acceptors (Lipinski definition) is 5. The molecule has 0 bridgehead atoms. The maximum Gasteiger partial charge on any atom is 0.246 e. The van der Waals surface area contributed by atoms with Crippen molar-refractivity contribution in [1.29, 1.82) is 0 Å². The number of aromatic amines is 1. The van der Waals surface area contributed by atoms with E-state index in [1.807, 2.05) is 13.8 Å². The monoisotopic (exact) mass is 592 g/mol. The number of hydrogen-bond donors (Lipinski definition) is 5. The average molecular weight is 594 g/mol. The van der Waals surface area contributed by atoms with Gasteiger partial charge in [0.05, 0.1) is 10.5 Å². The molecule has 1 saturated carbocycles. The molecular formula is C28H36Cl2N5O5-. The highest BCUT2D eigenvalue weighted by molar-refractivity contribution is 6.38. The lowest BCUT2D eigenvalue weighted by Gasteiger charge is -2.40. The third kappa shape index (κ3) is 6.17. The predicted octanol–water partition coefficient (Wildman–Crippen LogP) is 2.72. The number of benzene rings is 1. The largest absolute Gasteiger partial charge is 0.530 e. The normalized spacial score (nSPS) is 21.6. The van der Waals surface area contributed by atoms with E-state index in [2.05, 4.69) is 20.9 Å². The molecule has 4 amide bonds. The van der Waals surface area contributed by atoms with Crippen LogP contribution in [0.15, 0.2) is 12.1 Å². The molecule has 4 rings (SSSR count). The number of aromatic nitrogens is 1. The maximum absolute atomic E-state index is 14.1. The average Bonchev–Trinajstić information content (AvgIpc) is 3.27. The molecule has 40 heavy (non-hydrogen) atoms. The first kappa shape index (κ1) is 30.0. The highest BCUT2D eigenvalue weighted by Gasteiger charge is 2.47. The number of fused-ring (bicyclic) bond motifs is 3. The zero-order chi connectivity index (χ0) is 29.2. The van der Waals surface area contributed by atoms with Gasteiger partial charge in [-0.3, -0.25) is 14.4 Å². The van der Waals surface area contributed by atoms with E-state index >= 15 is 0 Å². The SMILES string of the molecule is CCC(C)C(NC(=O)C1(NC(=O)C(NC(=O)[O-])C2CCCCC2)CCc2[nH]c3c(Cl)cc(Cl)cc3c2C1)C(N)=O. The van der Waals surface area contributed by atoms with Gasteiger partial charge in [-0.1, -0.05) is 62.7 Å². The van der Waals surface area contributed by atoms with Crippen LogP contribution in [0, 0.1) is 11.8 Å². The fourth-order valence-electron chi connectivity index (χ4n) is 6.14. The summed E-state index contributed by atoms with van der Waals surface area (Å²) < 4.78 is 0. The Morgan fingerprint density at radius 2 is 1.85 bits per heavy atom. The third-order valence-electron chi connectivity index (χ3n) is 8.58. The van der Waals surface area contributed by atoms with E-state index in [1.165, 1.54) is 0 Å². The molecule has 218 valence electrons. The van der Waals surface area contributed by atoms with Gasteiger partial charge in [0.15, 0.2) is 0 Å². The minimum absolute atomic E-state index is 0.0747. The number of primary amides is 1. The molecule has 0 aliphatic heterocycles. The van der Waals surface area contributed by atoms with Crippen molar-refractivity contribution in [1.82, 2.24) is 20.9 Å². The molecule has 0 radical (unpaired) electrons. The van der Waals surface area contributed by atoms with Crippen LogP contribution in [0.4, 0.5) is 4.79 Å². The molecule has 4 atom stereocenters. The van der Waals surface area contributed by atoms with E-state index < -0.39 is 41.4 Å². The summed E-state index contributed by atoms with van der Waals surface area (Å²) >= 11 is 12.7. The van der Waals surface area contributed by atoms with Gasteiger partial charge in [0, 0.05) is 22.5 Å². The standard InChI is InChI=1S/C28H37Cl2N5O5/c1-3-14(2)21(24(31)36)33-26(38)28(35-25(37)22(34-27(39)40)15-7-5-4-6-8-15)10-9-20-18(13-28)17-11-16(29)12-19(30)23(17)32-20/h11-12,14-15,21-22,32,34H,3-10,13H2,1-2H3,(H2,31,36)(H,33,38)(H,35,37)(H,39,40)/p-1. The molecule has 10 nitrogen and oxygen atoms in total. The van der Waals surface area contributed by atoms with E-state index in [1.54, 1.807) is 12.1 Å². The second-order valence-corrected chi connectivity index (χ2v) is 12.0. The predicted molar refractivity (Wildman–Crippen MR) is 151 cm³/mol. The summed E-state index contributed by atoms with van der Waals surface area (Å²) in [6.45, 7) is 3.70. The van der Waals surface area contributed by atoms with Crippen molar-refractivity contribution in [2.75, 3.05) is 0 Å². The number of aryl methyl sites for hydroxylation is 1. The summed E-state index contributed by atoms with van der Waals surface area (Å²) in [5.74, 6) is -2.31. The maximum atomic E-state index is 14.1. The first-order valence-corrected chi connectivity index (χ1v) is 14.6. The molecule has 2 aromatic rings. The van der Waals surface area contributed by atoms with Crippen molar-refractivity contribution in [2.45, 2.75) is 89.3 Å². The second-order valence-electron chi connectivity index (χ2n) is 11.2. The number of H-pyrrole nitrogens is 1. The van der Waals surface area contributed by atoms with Gasteiger partial charge in [-0.25, -0.2) is 0 Å². The molecular weight excluding hydrogens is 557 g/mol. The summed E-state index contributed by atoms with van der Waals surface area (Å²) in [4.78, 5) is 55.1. The van der Waals surface area contributed by atoms with Crippen LogP contribution in [0.1, 0.15) is 70.1 Å². The molecule has 4 unspecified atom stereocenters. The summed E-state index contributed by atoms with van der Waals surface area (Å²) in [6, 6.07) is 1.35. The van der Waals surface area contributed by atoms with Gasteiger partial charge in [0.1, 0.15) is 23.7 Å². The summed E-state index contributed by atoms with van der Waals surface area (Å²) in [5.41, 5.74) is 6.46. The number of carboxylic acid groups (broad SMARTS) is 1. The van der Waals surface area contributed by atoms with Gasteiger partial charge in [-0.2, -0.15) is 0 Å². The van der Waals surface area contributed by atoms with Crippen molar-refractivity contribution >= 4 is 57.9 Å². The van der Waals surface area contributed by atoms with Crippen molar-refractivity contribution in [3.05, 3.63) is 33.4 Å². The lowest BCUT2D eigenvalue weighted by atomic mass is 9.77. The number of rotatable bonds is 9. The highest BCUT2D eigenvalue weighted by atomic mass is 35.5. The molecule has 6 N–H and O–H groups in total. The Morgan fingerprint density at radius 1 is 1.15 bits per heavy atom. The van der Waals surface area contributed by atoms with Crippen molar-refractivity contribution < 1.29 is 24.3 Å². The smallest absolute Gasteiger partial charge is 0.246 e. The highest BCUT2D eigenvalue weighted by Crippen LogP contribution is 2.38. The van der Waals surface area contributed by atoms with Crippen molar-refractivity contribution in [3.63, 3.8) is 0 Å². The van der Waals surface area contributed by atoms with E-state index in [4.69, 9.17) is 28.9 Å². The van der Waals surface area contributed by atoms with Gasteiger partial charge in [0.2, 0.25) is 17.7 Å². The van der Waals surface area contributed by atoms with Crippen molar-refractivity contribution in [3.8, 4) is 0 Å². The number of carbonyl (C=O) groups excluding carboxylic acids is 4. The Bertz CT molecular complexity index is 1310. The zero-order valence-corrected chi connectivity index (χ0v) is 24.2. The first-order valence-electron chi connectivity index (χ1n) is 13.8. The van der Waals surface area contributed by atoms with E-state index in [0.717, 1.165) is 35.9 Å². The molecule has 2 aliphatic carbocycles. The number of amides is 4. The third-order valence-corrected chi connectivity index (χ3v) is 9.10. The molecule has 1 heterocycles. The number of nitrogens with one attached hydrogen (secondary N) is 4. The Hall–Kier alpha value is -2.98. The van der Waals surface area contributed by atoms with E-state index in [0.29, 0.717) is 41.2 Å². The lowest BCUT2D eigenvalue weighted by Crippen LogP contribution is -2.67. The Morgan fingerprint density at radius 3 is 2.48 bits per heavy atom. The zero-order valence-electron chi connectivity index (χ0n) is 22.7. The Kier molecular flexibility index (Phi) is 9.19. The first-order chi connectivity index (χ1) is 19.0. The van der Waals surface area contributed by atoms with Gasteiger partial charge >= 0.3 is 0 Å². The van der Waals surface area contributed by atoms with Crippen LogP contribution in [0.25, 0.3) is 10.9 Å². The van der Waals surface area contributed by atoms with Crippen molar-refractivity contribution in [2.24, 2.45) is 17.6 Å². The Balaban J connectivity index is 1.74. The van der Waals surface area contributed by atoms with Gasteiger partial charge in [-0.05, 0) is 55.2 Å². The van der Waals surface area contributed by atoms with Crippen LogP contribution in [0.2, 0.25) is 10.0 Å². The molecule has 2 aliphatic rings. The minimum Gasteiger partial charge on any atom is -0.530 e. The fraction of sp³-hybridized carbons (Fsp3) is 0.571. The number of carbonyl (C=O) groups is 4. The molecule has 1 fully saturated rings. The van der Waals surface area contributed by atoms with Crippen LogP contribution in [0.5, 0.6) is 0 Å². The minimum atomic E-state index is -1.55. The fourth-order valence-corrected chi connectivity index (χ4v) is 6.68. The molecule has 1 aromatic carbocycles. The Labute approximate surface area is 243 Å². The molecule has 1 aromatic heterocycles. The van der Waals surface area contributed by atoms with Crippen LogP contribution in [-0.2, 0) is 27.2 Å². The van der Waals surface area contributed by atoms with Crippen LogP contribution in [-0.4, -0.2) is 46.4 Å². The van der Waals surface area contributed by atoms with Crippen LogP contribution in [0.3, 0.4) is 0 Å². The quantitative estimate of drug-likeness (QED) is 0.301. The molecule has 0 spiro atoms. The molecule has 12 heteroatoms. The molecule has 0 saturated heterocycles. The topological polar surface area (TPSA) is 169 Å². The summed E-state index contributed by atoms with van der Waals surface area (Å²) in [7, 11) is 0. The second kappa shape index (κ2) is 12.3. The number of nitrogens with two attached hydrogens (primary N) is 1. The lowest BCUT2D eigenvalue weighted by molar-refractivity contribution is -0.252. The number of halogens is 2. The van der Waals surface area contributed by atoms with Gasteiger partial charge in [0.25, 0.3) is 0 Å². The van der Waals surface area contributed by atoms with Gasteiger partial charge < -0.3 is 36.6 Å². The van der Waals surface area contributed by atoms with Crippen LogP contribution >= 0.6 is 23.2 Å². The van der Waals surface area contributed by atoms with Crippen LogP contribution < -0.4 is 26.8 Å². The summed E-state index contributed by atoms with van der Waals surface area (Å²) in [5, 5.41) is 21.2. The summed E-state index contributed by atoms with van der Waals surface area (Å²) in [6.07, 6.45) is 3.83. The van der Waals surface area contributed by atoms with E-state index in [9.17, 15) is 24.3 Å².